The number of carbonyl (C=O) groups is 1. The lowest BCUT2D eigenvalue weighted by Gasteiger charge is -2.24. The Bertz CT molecular complexity index is 466. The van der Waals surface area contributed by atoms with Crippen molar-refractivity contribution in [2.45, 2.75) is 38.3 Å². The molecule has 0 aliphatic heterocycles. The van der Waals surface area contributed by atoms with Crippen molar-refractivity contribution in [2.24, 2.45) is 5.41 Å². The molecule has 0 radical (unpaired) electrons. The fraction of sp³-hybridized carbons (Fsp3) is 0.538. The van der Waals surface area contributed by atoms with E-state index >= 15 is 0 Å². The Hall–Kier alpha value is -1.34. The second-order valence-electron chi connectivity index (χ2n) is 4.94. The number of rotatable bonds is 4. The van der Waals surface area contributed by atoms with Gasteiger partial charge < -0.3 is 4.90 Å². The second-order valence-corrected chi connectivity index (χ2v) is 5.97. The highest BCUT2D eigenvalue weighted by Gasteiger charge is 2.54. The molecule has 1 amide bonds. The van der Waals surface area contributed by atoms with Crippen LogP contribution in [0, 0.1) is 16.7 Å². The van der Waals surface area contributed by atoms with Gasteiger partial charge in [-0.15, -0.1) is 11.3 Å². The fourth-order valence-electron chi connectivity index (χ4n) is 2.10. The number of amides is 1. The van der Waals surface area contributed by atoms with Gasteiger partial charge in [0.15, 0.2) is 0 Å². The molecule has 0 saturated heterocycles. The fourth-order valence-corrected chi connectivity index (χ4v) is 2.80. The zero-order chi connectivity index (χ0) is 11.9. The molecule has 0 spiro atoms. The van der Waals surface area contributed by atoms with Crippen molar-refractivity contribution in [3.05, 3.63) is 22.4 Å². The Kier molecular flexibility index (Phi) is 2.44. The topological polar surface area (TPSA) is 44.1 Å². The smallest absolute Gasteiger partial charge is 0.243 e. The minimum Gasteiger partial charge on any atom is -0.333 e. The monoisotopic (exact) mass is 246 g/mol. The third-order valence-electron chi connectivity index (χ3n) is 3.53. The summed E-state index contributed by atoms with van der Waals surface area (Å²) in [5.74, 6) is 0.0656. The third-order valence-corrected chi connectivity index (χ3v) is 4.39. The highest BCUT2D eigenvalue weighted by atomic mass is 32.1. The summed E-state index contributed by atoms with van der Waals surface area (Å²) in [6, 6.07) is 6.65. The van der Waals surface area contributed by atoms with Gasteiger partial charge in [-0.3, -0.25) is 4.79 Å². The summed E-state index contributed by atoms with van der Waals surface area (Å²) in [6.45, 7) is 0.685. The Morgan fingerprint density at radius 1 is 1.59 bits per heavy atom. The van der Waals surface area contributed by atoms with E-state index in [0.717, 1.165) is 25.7 Å². The van der Waals surface area contributed by atoms with E-state index in [1.807, 2.05) is 16.3 Å². The maximum absolute atomic E-state index is 12.4. The van der Waals surface area contributed by atoms with Crippen LogP contribution in [0.4, 0.5) is 0 Å². The molecule has 17 heavy (non-hydrogen) atoms. The Labute approximate surface area is 105 Å². The van der Waals surface area contributed by atoms with E-state index in [0.29, 0.717) is 12.6 Å². The predicted octanol–water partition coefficient (Wildman–Crippen LogP) is 2.54. The summed E-state index contributed by atoms with van der Waals surface area (Å²) < 4.78 is 0. The molecule has 0 atom stereocenters. The van der Waals surface area contributed by atoms with Crippen LogP contribution < -0.4 is 0 Å². The van der Waals surface area contributed by atoms with Crippen LogP contribution in [0.1, 0.15) is 30.6 Å². The van der Waals surface area contributed by atoms with Crippen molar-refractivity contribution >= 4 is 17.2 Å². The molecule has 0 aromatic carbocycles. The van der Waals surface area contributed by atoms with Gasteiger partial charge in [0.25, 0.3) is 0 Å². The summed E-state index contributed by atoms with van der Waals surface area (Å²) in [5, 5.41) is 11.1. The number of nitriles is 1. The molecule has 3 rings (SSSR count). The molecule has 1 aromatic rings. The highest BCUT2D eigenvalue weighted by molar-refractivity contribution is 7.09. The molecule has 2 aliphatic rings. The number of thiophene rings is 1. The summed E-state index contributed by atoms with van der Waals surface area (Å²) in [6.07, 6.45) is 3.68. The van der Waals surface area contributed by atoms with Gasteiger partial charge in [-0.1, -0.05) is 6.07 Å². The molecule has 1 aromatic heterocycles. The summed E-state index contributed by atoms with van der Waals surface area (Å²) in [4.78, 5) is 15.5. The second kappa shape index (κ2) is 3.85. The van der Waals surface area contributed by atoms with Gasteiger partial charge in [0, 0.05) is 10.9 Å². The van der Waals surface area contributed by atoms with Gasteiger partial charge in [-0.25, -0.2) is 0 Å². The van der Waals surface area contributed by atoms with Crippen LogP contribution in [0.15, 0.2) is 17.5 Å². The van der Waals surface area contributed by atoms with E-state index in [-0.39, 0.29) is 5.91 Å². The number of nitrogens with zero attached hydrogens (tertiary/aromatic N) is 2. The lowest BCUT2D eigenvalue weighted by molar-refractivity contribution is -0.136. The Morgan fingerprint density at radius 3 is 2.82 bits per heavy atom. The van der Waals surface area contributed by atoms with Crippen molar-refractivity contribution in [3.8, 4) is 6.07 Å². The van der Waals surface area contributed by atoms with Crippen LogP contribution >= 0.6 is 11.3 Å². The average molecular weight is 246 g/mol. The standard InChI is InChI=1S/C13H14N2OS/c14-9-13(5-6-13)12(16)15(10-3-4-10)8-11-2-1-7-17-11/h1-2,7,10H,3-6,8H2. The summed E-state index contributed by atoms with van der Waals surface area (Å²) >= 11 is 1.68. The minimum absolute atomic E-state index is 0.0656. The van der Waals surface area contributed by atoms with Gasteiger partial charge >= 0.3 is 0 Å². The van der Waals surface area contributed by atoms with Gasteiger partial charge in [0.1, 0.15) is 5.41 Å². The van der Waals surface area contributed by atoms with Crippen LogP contribution in [0.2, 0.25) is 0 Å². The Morgan fingerprint density at radius 2 is 2.35 bits per heavy atom. The van der Waals surface area contributed by atoms with Gasteiger partial charge in [-0.2, -0.15) is 5.26 Å². The van der Waals surface area contributed by atoms with Crippen LogP contribution in [0.3, 0.4) is 0 Å². The maximum Gasteiger partial charge on any atom is 0.243 e. The molecular weight excluding hydrogens is 232 g/mol. The zero-order valence-corrected chi connectivity index (χ0v) is 10.4. The van der Waals surface area contributed by atoms with Crippen LogP contribution in [-0.2, 0) is 11.3 Å². The first-order chi connectivity index (χ1) is 8.25. The van der Waals surface area contributed by atoms with Gasteiger partial charge in [0.2, 0.25) is 5.91 Å². The molecule has 3 nitrogen and oxygen atoms in total. The molecule has 0 N–H and O–H groups in total. The molecule has 2 aliphatic carbocycles. The van der Waals surface area contributed by atoms with E-state index in [1.54, 1.807) is 11.3 Å². The molecule has 1 heterocycles. The maximum atomic E-state index is 12.4. The van der Waals surface area contributed by atoms with Crippen LogP contribution in [0.5, 0.6) is 0 Å². The van der Waals surface area contributed by atoms with E-state index < -0.39 is 5.41 Å². The molecule has 4 heteroatoms. The molecule has 0 unspecified atom stereocenters. The first-order valence-corrected chi connectivity index (χ1v) is 6.88. The number of hydrogen-bond donors (Lipinski definition) is 0. The Balaban J connectivity index is 1.77. The van der Waals surface area contributed by atoms with E-state index in [1.165, 1.54) is 4.88 Å². The van der Waals surface area contributed by atoms with Crippen molar-refractivity contribution < 1.29 is 4.79 Å². The number of hydrogen-bond acceptors (Lipinski definition) is 3. The zero-order valence-electron chi connectivity index (χ0n) is 9.56. The minimum atomic E-state index is -0.667. The highest BCUT2D eigenvalue weighted by Crippen LogP contribution is 2.48. The van der Waals surface area contributed by atoms with Gasteiger partial charge in [0.05, 0.1) is 12.6 Å². The molecule has 2 fully saturated rings. The van der Waals surface area contributed by atoms with E-state index in [2.05, 4.69) is 12.1 Å². The van der Waals surface area contributed by atoms with Crippen LogP contribution in [-0.4, -0.2) is 16.8 Å². The van der Waals surface area contributed by atoms with Crippen molar-refractivity contribution in [1.82, 2.24) is 4.90 Å². The lowest BCUT2D eigenvalue weighted by Crippen LogP contribution is -2.37. The number of carbonyl (C=O) groups excluding carboxylic acids is 1. The quantitative estimate of drug-likeness (QED) is 0.819. The lowest BCUT2D eigenvalue weighted by atomic mass is 10.1. The van der Waals surface area contributed by atoms with Crippen molar-refractivity contribution in [2.75, 3.05) is 0 Å². The largest absolute Gasteiger partial charge is 0.333 e. The van der Waals surface area contributed by atoms with Crippen molar-refractivity contribution in [3.63, 3.8) is 0 Å². The first-order valence-electron chi connectivity index (χ1n) is 6.00. The normalized spacial score (nSPS) is 20.6. The summed E-state index contributed by atoms with van der Waals surface area (Å²) in [5.41, 5.74) is -0.667. The molecular formula is C13H14N2OS. The van der Waals surface area contributed by atoms with Gasteiger partial charge in [-0.05, 0) is 37.1 Å². The molecule has 88 valence electrons. The first kappa shape index (κ1) is 10.8. The SMILES string of the molecule is N#CC1(C(=O)N(Cc2cccs2)C2CC2)CC1. The molecule has 0 bridgehead atoms. The predicted molar refractivity (Wildman–Crippen MR) is 65.2 cm³/mol. The third kappa shape index (κ3) is 1.96. The summed E-state index contributed by atoms with van der Waals surface area (Å²) in [7, 11) is 0. The van der Waals surface area contributed by atoms with Crippen LogP contribution in [0.25, 0.3) is 0 Å². The van der Waals surface area contributed by atoms with E-state index in [4.69, 9.17) is 5.26 Å². The molecule has 2 saturated carbocycles. The average Bonchev–Trinajstić information content (AvgIpc) is 3.26. The van der Waals surface area contributed by atoms with E-state index in [9.17, 15) is 4.79 Å². The van der Waals surface area contributed by atoms with Crippen molar-refractivity contribution in [1.29, 1.82) is 5.26 Å².